The highest BCUT2D eigenvalue weighted by atomic mass is 79.9. The molecule has 3 N–H and O–H groups in total. The van der Waals surface area contributed by atoms with E-state index in [-0.39, 0.29) is 37.1 Å². The van der Waals surface area contributed by atoms with Gasteiger partial charge in [0, 0.05) is 44.5 Å². The van der Waals surface area contributed by atoms with Crippen molar-refractivity contribution < 1.29 is 24.2 Å². The SMILES string of the molecule is Cc1ncsc1-c1ccc(CNC(=O)C2CC(O)CN2C(=O)C(NC(=O)CCCOCCCCCCBr)C(C)(C)C)cc1. The van der Waals surface area contributed by atoms with Crippen LogP contribution < -0.4 is 10.6 Å². The molecule has 3 rings (SSSR count). The van der Waals surface area contributed by atoms with Gasteiger partial charge < -0.3 is 25.4 Å². The van der Waals surface area contributed by atoms with Gasteiger partial charge in [0.15, 0.2) is 0 Å². The lowest BCUT2D eigenvalue weighted by atomic mass is 9.85. The molecule has 1 aliphatic rings. The summed E-state index contributed by atoms with van der Waals surface area (Å²) in [5.41, 5.74) is 4.21. The third-order valence-corrected chi connectivity index (χ3v) is 9.11. The standard InChI is InChI=1S/C32H47BrN4O5S/c1-22-28(43-21-35-22)24-13-11-23(12-14-24)19-34-30(40)26-18-25(38)20-37(26)31(41)29(32(2,3)4)36-27(39)10-9-17-42-16-8-6-5-7-15-33/h11-14,21,25-26,29,38H,5-10,15-20H2,1-4H3,(H,34,40)(H,36,39). The van der Waals surface area contributed by atoms with E-state index in [9.17, 15) is 19.5 Å². The number of aryl methyl sites for hydroxylation is 1. The molecule has 3 atom stereocenters. The van der Waals surface area contributed by atoms with Gasteiger partial charge >= 0.3 is 0 Å². The first-order valence-corrected chi connectivity index (χ1v) is 17.2. The Morgan fingerprint density at radius 2 is 1.81 bits per heavy atom. The number of amides is 3. The van der Waals surface area contributed by atoms with Crippen molar-refractivity contribution in [3.8, 4) is 10.4 Å². The predicted molar refractivity (Wildman–Crippen MR) is 174 cm³/mol. The number of halogens is 1. The van der Waals surface area contributed by atoms with Crippen LogP contribution in [0.25, 0.3) is 10.4 Å². The van der Waals surface area contributed by atoms with Gasteiger partial charge in [-0.1, -0.05) is 73.8 Å². The molecular formula is C32H47BrN4O5S. The van der Waals surface area contributed by atoms with E-state index in [0.717, 1.165) is 39.9 Å². The van der Waals surface area contributed by atoms with Crippen molar-refractivity contribution in [3.05, 3.63) is 41.0 Å². The summed E-state index contributed by atoms with van der Waals surface area (Å²) in [5.74, 6) is -0.913. The number of rotatable bonds is 16. The minimum atomic E-state index is -0.835. The van der Waals surface area contributed by atoms with E-state index in [4.69, 9.17) is 4.74 Å². The van der Waals surface area contributed by atoms with Crippen molar-refractivity contribution in [1.82, 2.24) is 20.5 Å². The van der Waals surface area contributed by atoms with Gasteiger partial charge in [-0.3, -0.25) is 14.4 Å². The number of aliphatic hydroxyl groups is 1. The Balaban J connectivity index is 1.52. The van der Waals surface area contributed by atoms with Gasteiger partial charge in [0.05, 0.1) is 22.2 Å². The summed E-state index contributed by atoms with van der Waals surface area (Å²) >= 11 is 5.02. The largest absolute Gasteiger partial charge is 0.391 e. The first-order chi connectivity index (χ1) is 20.5. The maximum absolute atomic E-state index is 13.8. The summed E-state index contributed by atoms with van der Waals surface area (Å²) in [6, 6.07) is 6.29. The summed E-state index contributed by atoms with van der Waals surface area (Å²) in [7, 11) is 0. The molecule has 9 nitrogen and oxygen atoms in total. The number of alkyl halides is 1. The van der Waals surface area contributed by atoms with Gasteiger partial charge in [-0.05, 0) is 42.7 Å². The van der Waals surface area contributed by atoms with Crippen molar-refractivity contribution in [1.29, 1.82) is 0 Å². The minimum Gasteiger partial charge on any atom is -0.391 e. The zero-order valence-electron chi connectivity index (χ0n) is 25.9. The van der Waals surface area contributed by atoms with Crippen LogP contribution in [0.2, 0.25) is 0 Å². The van der Waals surface area contributed by atoms with E-state index in [0.29, 0.717) is 26.2 Å². The normalized spacial score (nSPS) is 17.6. The molecule has 1 fully saturated rings. The average molecular weight is 680 g/mol. The number of unbranched alkanes of at least 4 members (excludes halogenated alkanes) is 3. The molecule has 2 aromatic rings. The van der Waals surface area contributed by atoms with Crippen molar-refractivity contribution in [3.63, 3.8) is 0 Å². The number of aliphatic hydroxyl groups excluding tert-OH is 1. The molecule has 3 unspecified atom stereocenters. The molecule has 238 valence electrons. The second kappa shape index (κ2) is 17.2. The molecule has 0 aliphatic carbocycles. The molecule has 1 aromatic heterocycles. The topological polar surface area (TPSA) is 121 Å². The highest BCUT2D eigenvalue weighted by molar-refractivity contribution is 9.09. The van der Waals surface area contributed by atoms with Gasteiger partial charge in [0.1, 0.15) is 12.1 Å². The molecule has 1 saturated heterocycles. The number of aromatic nitrogens is 1. The second-order valence-electron chi connectivity index (χ2n) is 12.3. The van der Waals surface area contributed by atoms with E-state index in [1.165, 1.54) is 17.7 Å². The number of benzene rings is 1. The fourth-order valence-electron chi connectivity index (χ4n) is 5.10. The van der Waals surface area contributed by atoms with Crippen LogP contribution in [0.3, 0.4) is 0 Å². The number of nitrogens with zero attached hydrogens (tertiary/aromatic N) is 2. The van der Waals surface area contributed by atoms with Gasteiger partial charge in [-0.25, -0.2) is 4.98 Å². The van der Waals surface area contributed by atoms with E-state index in [1.54, 1.807) is 11.3 Å². The Kier molecular flexibility index (Phi) is 14.1. The number of hydrogen-bond donors (Lipinski definition) is 3. The van der Waals surface area contributed by atoms with Crippen LogP contribution in [-0.4, -0.2) is 76.0 Å². The van der Waals surface area contributed by atoms with Gasteiger partial charge in [-0.2, -0.15) is 0 Å². The maximum Gasteiger partial charge on any atom is 0.246 e. The van der Waals surface area contributed by atoms with Crippen LogP contribution in [0, 0.1) is 12.3 Å². The lowest BCUT2D eigenvalue weighted by Crippen LogP contribution is -2.57. The van der Waals surface area contributed by atoms with Gasteiger partial charge in [0.2, 0.25) is 17.7 Å². The number of likely N-dealkylation sites (tertiary alicyclic amines) is 1. The Morgan fingerprint density at radius 1 is 1.12 bits per heavy atom. The zero-order valence-corrected chi connectivity index (χ0v) is 28.3. The molecular weight excluding hydrogens is 632 g/mol. The van der Waals surface area contributed by atoms with Gasteiger partial charge in [-0.15, -0.1) is 11.3 Å². The summed E-state index contributed by atoms with van der Waals surface area (Å²) < 4.78 is 5.66. The number of β-amino-alcohol motifs (C(OH)–C–C–N with tert-alkyl or cyclic N) is 1. The van der Waals surface area contributed by atoms with Crippen LogP contribution in [0.15, 0.2) is 29.8 Å². The number of nitrogens with one attached hydrogen (secondary N) is 2. The Morgan fingerprint density at radius 3 is 2.47 bits per heavy atom. The number of ether oxygens (including phenoxy) is 1. The Labute approximate surface area is 268 Å². The first kappa shape index (κ1) is 35.1. The molecule has 3 amide bonds. The van der Waals surface area contributed by atoms with Crippen LogP contribution in [0.4, 0.5) is 0 Å². The molecule has 0 bridgehead atoms. The smallest absolute Gasteiger partial charge is 0.246 e. The molecule has 11 heteroatoms. The molecule has 2 heterocycles. The lowest BCUT2D eigenvalue weighted by Gasteiger charge is -2.35. The molecule has 0 radical (unpaired) electrons. The Bertz CT molecular complexity index is 1180. The van der Waals surface area contributed by atoms with E-state index < -0.39 is 23.6 Å². The molecule has 1 aromatic carbocycles. The first-order valence-electron chi connectivity index (χ1n) is 15.2. The molecule has 0 saturated carbocycles. The highest BCUT2D eigenvalue weighted by Crippen LogP contribution is 2.28. The maximum atomic E-state index is 13.8. The number of hydrogen-bond acceptors (Lipinski definition) is 7. The van der Waals surface area contributed by atoms with Crippen LogP contribution in [0.5, 0.6) is 0 Å². The monoisotopic (exact) mass is 678 g/mol. The molecule has 43 heavy (non-hydrogen) atoms. The summed E-state index contributed by atoms with van der Waals surface area (Å²) in [4.78, 5) is 46.6. The number of thiazole rings is 1. The van der Waals surface area contributed by atoms with Crippen molar-refractivity contribution in [2.45, 2.75) is 97.4 Å². The number of carbonyl (C=O) groups is 3. The third kappa shape index (κ3) is 11.0. The molecule has 1 aliphatic heterocycles. The van der Waals surface area contributed by atoms with Crippen LogP contribution in [-0.2, 0) is 25.7 Å². The van der Waals surface area contributed by atoms with Crippen LogP contribution >= 0.6 is 27.3 Å². The zero-order chi connectivity index (χ0) is 31.4. The van der Waals surface area contributed by atoms with E-state index >= 15 is 0 Å². The summed E-state index contributed by atoms with van der Waals surface area (Å²) in [6.07, 6.45) is 4.64. The van der Waals surface area contributed by atoms with E-state index in [1.807, 2.05) is 57.5 Å². The second-order valence-corrected chi connectivity index (χ2v) is 13.9. The predicted octanol–water partition coefficient (Wildman–Crippen LogP) is 4.98. The average Bonchev–Trinajstić information content (AvgIpc) is 3.58. The van der Waals surface area contributed by atoms with E-state index in [2.05, 4.69) is 31.5 Å². The Hall–Kier alpha value is -2.34. The highest BCUT2D eigenvalue weighted by Gasteiger charge is 2.44. The third-order valence-electron chi connectivity index (χ3n) is 7.58. The van der Waals surface area contributed by atoms with Crippen molar-refractivity contribution >= 4 is 45.0 Å². The number of carbonyl (C=O) groups excluding carboxylic acids is 3. The van der Waals surface area contributed by atoms with Gasteiger partial charge in [0.25, 0.3) is 0 Å². The minimum absolute atomic E-state index is 0.0474. The van der Waals surface area contributed by atoms with Crippen molar-refractivity contribution in [2.24, 2.45) is 5.41 Å². The summed E-state index contributed by atoms with van der Waals surface area (Å²) in [5, 5.41) is 17.3. The van der Waals surface area contributed by atoms with Crippen LogP contribution in [0.1, 0.15) is 77.0 Å². The quantitative estimate of drug-likeness (QED) is 0.170. The fraction of sp³-hybridized carbons (Fsp3) is 0.625. The fourth-order valence-corrected chi connectivity index (χ4v) is 6.31. The molecule has 0 spiro atoms. The summed E-state index contributed by atoms with van der Waals surface area (Å²) in [6.45, 7) is 9.15. The van der Waals surface area contributed by atoms with Crippen molar-refractivity contribution in [2.75, 3.05) is 25.1 Å². The lowest BCUT2D eigenvalue weighted by molar-refractivity contribution is -0.144.